The summed E-state index contributed by atoms with van der Waals surface area (Å²) in [5, 5.41) is 3.59. The molecule has 1 N–H and O–H groups in total. The first-order valence-electron chi connectivity index (χ1n) is 6.83. The molecular formula is C15H23FN2. The number of fused-ring (bicyclic) bond motifs is 1. The van der Waals surface area contributed by atoms with Crippen molar-refractivity contribution in [2.75, 3.05) is 27.2 Å². The lowest BCUT2D eigenvalue weighted by atomic mass is 10.1. The SMILES string of the molecule is CN(C)CCCCNC1CCc2cc(F)ccc21. The molecule has 0 amide bonds. The van der Waals surface area contributed by atoms with Gasteiger partial charge in [0.15, 0.2) is 0 Å². The molecule has 0 heterocycles. The molecule has 0 bridgehead atoms. The molecule has 2 nitrogen and oxygen atoms in total. The quantitative estimate of drug-likeness (QED) is 0.781. The van der Waals surface area contributed by atoms with E-state index in [4.69, 9.17) is 0 Å². The molecule has 1 unspecified atom stereocenters. The zero-order valence-corrected chi connectivity index (χ0v) is 11.4. The minimum atomic E-state index is -0.111. The van der Waals surface area contributed by atoms with Gasteiger partial charge in [0.1, 0.15) is 5.82 Å². The monoisotopic (exact) mass is 250 g/mol. The number of aryl methyl sites for hydroxylation is 1. The van der Waals surface area contributed by atoms with Crippen molar-refractivity contribution in [2.24, 2.45) is 0 Å². The molecule has 1 atom stereocenters. The summed E-state index contributed by atoms with van der Waals surface area (Å²) >= 11 is 0. The molecule has 0 aliphatic heterocycles. The van der Waals surface area contributed by atoms with Gasteiger partial charge in [0.05, 0.1) is 0 Å². The fourth-order valence-corrected chi connectivity index (χ4v) is 2.63. The molecule has 0 saturated carbocycles. The average Bonchev–Trinajstić information content (AvgIpc) is 2.70. The summed E-state index contributed by atoms with van der Waals surface area (Å²) in [5.41, 5.74) is 2.48. The van der Waals surface area contributed by atoms with Crippen LogP contribution in [0.15, 0.2) is 18.2 Å². The van der Waals surface area contributed by atoms with Crippen LogP contribution in [0.2, 0.25) is 0 Å². The van der Waals surface area contributed by atoms with Crippen LogP contribution in [-0.2, 0) is 6.42 Å². The highest BCUT2D eigenvalue weighted by molar-refractivity contribution is 5.34. The van der Waals surface area contributed by atoms with E-state index in [1.807, 2.05) is 6.07 Å². The third kappa shape index (κ3) is 3.53. The first kappa shape index (κ1) is 13.5. The van der Waals surface area contributed by atoms with Gasteiger partial charge in [-0.1, -0.05) is 6.07 Å². The maximum atomic E-state index is 13.1. The molecule has 3 heteroatoms. The van der Waals surface area contributed by atoms with E-state index in [9.17, 15) is 4.39 Å². The fraction of sp³-hybridized carbons (Fsp3) is 0.600. The van der Waals surface area contributed by atoms with E-state index in [0.29, 0.717) is 6.04 Å². The third-order valence-corrected chi connectivity index (χ3v) is 3.61. The van der Waals surface area contributed by atoms with E-state index in [1.54, 1.807) is 12.1 Å². The second kappa shape index (κ2) is 6.30. The number of nitrogens with one attached hydrogen (secondary N) is 1. The van der Waals surface area contributed by atoms with Crippen LogP contribution in [0.1, 0.15) is 36.4 Å². The highest BCUT2D eigenvalue weighted by Gasteiger charge is 2.21. The topological polar surface area (TPSA) is 15.3 Å². The van der Waals surface area contributed by atoms with Gasteiger partial charge in [-0.2, -0.15) is 0 Å². The Morgan fingerprint density at radius 3 is 2.94 bits per heavy atom. The van der Waals surface area contributed by atoms with Crippen LogP contribution in [-0.4, -0.2) is 32.1 Å². The summed E-state index contributed by atoms with van der Waals surface area (Å²) < 4.78 is 13.1. The number of hydrogen-bond donors (Lipinski definition) is 1. The van der Waals surface area contributed by atoms with Gasteiger partial charge in [-0.05, 0) is 76.1 Å². The first-order valence-corrected chi connectivity index (χ1v) is 6.83. The molecule has 1 aromatic carbocycles. The van der Waals surface area contributed by atoms with Crippen LogP contribution in [0.3, 0.4) is 0 Å². The van der Waals surface area contributed by atoms with E-state index in [0.717, 1.165) is 25.9 Å². The molecule has 0 fully saturated rings. The lowest BCUT2D eigenvalue weighted by Crippen LogP contribution is -2.21. The number of hydrogen-bond acceptors (Lipinski definition) is 2. The van der Waals surface area contributed by atoms with Crippen molar-refractivity contribution < 1.29 is 4.39 Å². The summed E-state index contributed by atoms with van der Waals surface area (Å²) in [6.45, 7) is 2.20. The first-order chi connectivity index (χ1) is 8.66. The van der Waals surface area contributed by atoms with Crippen LogP contribution >= 0.6 is 0 Å². The van der Waals surface area contributed by atoms with E-state index in [1.165, 1.54) is 24.0 Å². The van der Waals surface area contributed by atoms with Gasteiger partial charge in [-0.3, -0.25) is 0 Å². The lowest BCUT2D eigenvalue weighted by molar-refractivity contribution is 0.387. The Bertz CT molecular complexity index is 390. The van der Waals surface area contributed by atoms with Crippen molar-refractivity contribution in [2.45, 2.75) is 31.7 Å². The minimum absolute atomic E-state index is 0.111. The van der Waals surface area contributed by atoms with E-state index in [2.05, 4.69) is 24.3 Å². The standard InChI is InChI=1S/C15H23FN2/c1-18(2)10-4-3-9-17-15-8-5-12-11-13(16)6-7-14(12)15/h6-7,11,15,17H,3-5,8-10H2,1-2H3. The molecule has 1 aliphatic carbocycles. The lowest BCUT2D eigenvalue weighted by Gasteiger charge is -2.14. The molecular weight excluding hydrogens is 227 g/mol. The Morgan fingerprint density at radius 2 is 2.17 bits per heavy atom. The van der Waals surface area contributed by atoms with Gasteiger partial charge in [-0.25, -0.2) is 4.39 Å². The normalized spacial score (nSPS) is 18.3. The van der Waals surface area contributed by atoms with E-state index >= 15 is 0 Å². The summed E-state index contributed by atoms with van der Waals surface area (Å²) in [4.78, 5) is 2.22. The second-order valence-corrected chi connectivity index (χ2v) is 5.40. The van der Waals surface area contributed by atoms with Gasteiger partial charge in [0.2, 0.25) is 0 Å². The third-order valence-electron chi connectivity index (χ3n) is 3.61. The van der Waals surface area contributed by atoms with Crippen LogP contribution in [0.25, 0.3) is 0 Å². The van der Waals surface area contributed by atoms with Gasteiger partial charge in [0.25, 0.3) is 0 Å². The Balaban J connectivity index is 1.76. The van der Waals surface area contributed by atoms with Gasteiger partial charge < -0.3 is 10.2 Å². The average molecular weight is 250 g/mol. The van der Waals surface area contributed by atoms with Crippen LogP contribution in [0.4, 0.5) is 4.39 Å². The van der Waals surface area contributed by atoms with Crippen molar-refractivity contribution in [3.63, 3.8) is 0 Å². The Hall–Kier alpha value is -0.930. The van der Waals surface area contributed by atoms with Gasteiger partial charge in [-0.15, -0.1) is 0 Å². The van der Waals surface area contributed by atoms with Crippen molar-refractivity contribution >= 4 is 0 Å². The van der Waals surface area contributed by atoms with Crippen molar-refractivity contribution in [3.05, 3.63) is 35.1 Å². The van der Waals surface area contributed by atoms with Crippen LogP contribution in [0.5, 0.6) is 0 Å². The summed E-state index contributed by atoms with van der Waals surface area (Å²) in [6, 6.07) is 5.63. The summed E-state index contributed by atoms with van der Waals surface area (Å²) in [6.07, 6.45) is 4.53. The minimum Gasteiger partial charge on any atom is -0.310 e. The zero-order valence-electron chi connectivity index (χ0n) is 11.4. The molecule has 2 rings (SSSR count). The van der Waals surface area contributed by atoms with Crippen molar-refractivity contribution in [1.29, 1.82) is 0 Å². The van der Waals surface area contributed by atoms with Crippen LogP contribution in [0, 0.1) is 5.82 Å². The summed E-state index contributed by atoms with van der Waals surface area (Å²) in [7, 11) is 4.21. The summed E-state index contributed by atoms with van der Waals surface area (Å²) in [5.74, 6) is -0.111. The predicted octanol–water partition coefficient (Wildman–Crippen LogP) is 2.74. The number of unbranched alkanes of at least 4 members (excludes halogenated alkanes) is 1. The molecule has 1 aliphatic rings. The van der Waals surface area contributed by atoms with Crippen molar-refractivity contribution in [1.82, 2.24) is 10.2 Å². The number of rotatable bonds is 6. The zero-order chi connectivity index (χ0) is 13.0. The Kier molecular flexibility index (Phi) is 4.72. The largest absolute Gasteiger partial charge is 0.310 e. The number of halogens is 1. The number of nitrogens with zero attached hydrogens (tertiary/aromatic N) is 1. The Labute approximate surface area is 109 Å². The molecule has 0 radical (unpaired) electrons. The smallest absolute Gasteiger partial charge is 0.123 e. The molecule has 18 heavy (non-hydrogen) atoms. The molecule has 1 aromatic rings. The molecule has 100 valence electrons. The molecule has 0 saturated heterocycles. The van der Waals surface area contributed by atoms with Crippen molar-refractivity contribution in [3.8, 4) is 0 Å². The molecule has 0 aromatic heterocycles. The highest BCUT2D eigenvalue weighted by Crippen LogP contribution is 2.31. The Morgan fingerprint density at radius 1 is 1.33 bits per heavy atom. The highest BCUT2D eigenvalue weighted by atomic mass is 19.1. The fourth-order valence-electron chi connectivity index (χ4n) is 2.63. The second-order valence-electron chi connectivity index (χ2n) is 5.40. The van der Waals surface area contributed by atoms with E-state index < -0.39 is 0 Å². The predicted molar refractivity (Wildman–Crippen MR) is 73.3 cm³/mol. The molecule has 0 spiro atoms. The van der Waals surface area contributed by atoms with Gasteiger partial charge >= 0.3 is 0 Å². The van der Waals surface area contributed by atoms with Gasteiger partial charge in [0, 0.05) is 6.04 Å². The van der Waals surface area contributed by atoms with E-state index in [-0.39, 0.29) is 5.82 Å². The van der Waals surface area contributed by atoms with Crippen LogP contribution < -0.4 is 5.32 Å². The maximum absolute atomic E-state index is 13.1. The number of benzene rings is 1. The maximum Gasteiger partial charge on any atom is 0.123 e.